The van der Waals surface area contributed by atoms with E-state index in [9.17, 15) is 9.90 Å². The topological polar surface area (TPSA) is 104 Å². The quantitative estimate of drug-likeness (QED) is 0.383. The molecule has 1 aliphatic rings. The highest BCUT2D eigenvalue weighted by atomic mass is 16.4. The SMILES string of the molecule is CCCCCNc1nc(N)nc(C)c1CC1(N(C)C)C=CC(C(CCCC)C(=O)O)=CC1. The summed E-state index contributed by atoms with van der Waals surface area (Å²) in [6, 6.07) is 0. The number of carboxylic acids is 1. The van der Waals surface area contributed by atoms with E-state index in [4.69, 9.17) is 5.73 Å². The molecule has 0 spiro atoms. The van der Waals surface area contributed by atoms with E-state index in [1.165, 1.54) is 6.42 Å². The third-order valence-corrected chi connectivity index (χ3v) is 6.50. The highest BCUT2D eigenvalue weighted by Gasteiger charge is 2.35. The molecule has 1 heterocycles. The number of nitrogens with two attached hydrogens (primary N) is 1. The Bertz CT molecular complexity index is 834. The van der Waals surface area contributed by atoms with Crippen LogP contribution in [0.2, 0.25) is 0 Å². The van der Waals surface area contributed by atoms with Crippen molar-refractivity contribution in [3.63, 3.8) is 0 Å². The molecule has 2 atom stereocenters. The number of anilines is 2. The van der Waals surface area contributed by atoms with Gasteiger partial charge >= 0.3 is 5.97 Å². The molecule has 2 rings (SSSR count). The molecule has 4 N–H and O–H groups in total. The molecule has 32 heavy (non-hydrogen) atoms. The van der Waals surface area contributed by atoms with E-state index < -0.39 is 11.9 Å². The summed E-state index contributed by atoms with van der Waals surface area (Å²) in [5.74, 6) is -0.0941. The van der Waals surface area contributed by atoms with Crippen LogP contribution in [0.5, 0.6) is 0 Å². The van der Waals surface area contributed by atoms with Crippen LogP contribution in [0.1, 0.15) is 70.1 Å². The number of allylic oxidation sites excluding steroid dienone is 1. The largest absolute Gasteiger partial charge is 0.481 e. The normalized spacial score (nSPS) is 19.1. The Morgan fingerprint density at radius 1 is 1.25 bits per heavy atom. The van der Waals surface area contributed by atoms with Gasteiger partial charge in [0.25, 0.3) is 0 Å². The molecular weight excluding hydrogens is 402 g/mol. The van der Waals surface area contributed by atoms with Gasteiger partial charge in [0.15, 0.2) is 0 Å². The number of hydrogen-bond acceptors (Lipinski definition) is 6. The molecule has 2 unspecified atom stereocenters. The fourth-order valence-electron chi connectivity index (χ4n) is 4.27. The van der Waals surface area contributed by atoms with Gasteiger partial charge < -0.3 is 16.2 Å². The lowest BCUT2D eigenvalue weighted by Gasteiger charge is -2.40. The highest BCUT2D eigenvalue weighted by molar-refractivity contribution is 5.74. The van der Waals surface area contributed by atoms with Gasteiger partial charge in [-0.25, -0.2) is 4.98 Å². The maximum atomic E-state index is 11.8. The molecule has 0 amide bonds. The second-order valence-electron chi connectivity index (χ2n) is 9.08. The van der Waals surface area contributed by atoms with Gasteiger partial charge in [-0.2, -0.15) is 4.98 Å². The van der Waals surface area contributed by atoms with Crippen molar-refractivity contribution in [1.29, 1.82) is 0 Å². The molecule has 1 aromatic heterocycles. The molecule has 7 heteroatoms. The summed E-state index contributed by atoms with van der Waals surface area (Å²) < 4.78 is 0. The van der Waals surface area contributed by atoms with Gasteiger partial charge in [-0.1, -0.05) is 57.8 Å². The number of aromatic nitrogens is 2. The van der Waals surface area contributed by atoms with Crippen LogP contribution in [0.3, 0.4) is 0 Å². The van der Waals surface area contributed by atoms with Crippen molar-refractivity contribution in [3.8, 4) is 0 Å². The number of likely N-dealkylation sites (N-methyl/N-ethyl adjacent to an activating group) is 1. The van der Waals surface area contributed by atoms with Crippen molar-refractivity contribution >= 4 is 17.7 Å². The fourth-order valence-corrected chi connectivity index (χ4v) is 4.27. The summed E-state index contributed by atoms with van der Waals surface area (Å²) in [6.07, 6.45) is 13.7. The Morgan fingerprint density at radius 3 is 2.53 bits per heavy atom. The number of hydrogen-bond donors (Lipinski definition) is 3. The average molecular weight is 444 g/mol. The third-order valence-electron chi connectivity index (χ3n) is 6.50. The first kappa shape index (κ1) is 25.8. The number of aliphatic carboxylic acids is 1. The van der Waals surface area contributed by atoms with Crippen LogP contribution in [0.4, 0.5) is 11.8 Å². The van der Waals surface area contributed by atoms with Crippen LogP contribution in [0.15, 0.2) is 23.8 Å². The van der Waals surface area contributed by atoms with Crippen molar-refractivity contribution in [2.45, 2.75) is 77.7 Å². The molecule has 7 nitrogen and oxygen atoms in total. The van der Waals surface area contributed by atoms with Gasteiger partial charge in [0.1, 0.15) is 5.82 Å². The number of aryl methyl sites for hydroxylation is 1. The molecule has 0 aromatic carbocycles. The molecule has 0 saturated heterocycles. The van der Waals surface area contributed by atoms with Crippen LogP contribution in [0.25, 0.3) is 0 Å². The number of nitrogens with zero attached hydrogens (tertiary/aromatic N) is 3. The van der Waals surface area contributed by atoms with E-state index in [0.29, 0.717) is 6.42 Å². The predicted molar refractivity (Wildman–Crippen MR) is 132 cm³/mol. The first-order valence-electron chi connectivity index (χ1n) is 11.9. The Labute approximate surface area is 193 Å². The Balaban J connectivity index is 2.29. The van der Waals surface area contributed by atoms with Gasteiger partial charge in [0.05, 0.1) is 5.92 Å². The molecular formula is C25H41N5O2. The van der Waals surface area contributed by atoms with Crippen LogP contribution < -0.4 is 11.1 Å². The van der Waals surface area contributed by atoms with Crippen LogP contribution in [0, 0.1) is 12.8 Å². The number of carbonyl (C=O) groups is 1. The zero-order valence-electron chi connectivity index (χ0n) is 20.4. The molecule has 1 aliphatic carbocycles. The molecule has 178 valence electrons. The zero-order valence-corrected chi connectivity index (χ0v) is 20.4. The lowest BCUT2D eigenvalue weighted by Crippen LogP contribution is -2.45. The number of nitrogen functional groups attached to an aromatic ring is 1. The molecule has 0 bridgehead atoms. The summed E-state index contributed by atoms with van der Waals surface area (Å²) in [5, 5.41) is 13.2. The highest BCUT2D eigenvalue weighted by Crippen LogP contribution is 2.35. The maximum Gasteiger partial charge on any atom is 0.310 e. The predicted octanol–water partition coefficient (Wildman–Crippen LogP) is 4.59. The lowest BCUT2D eigenvalue weighted by atomic mass is 9.79. The van der Waals surface area contributed by atoms with Crippen molar-refractivity contribution < 1.29 is 9.90 Å². The monoisotopic (exact) mass is 443 g/mol. The minimum atomic E-state index is -0.743. The molecule has 1 aromatic rings. The first-order valence-corrected chi connectivity index (χ1v) is 11.9. The molecule has 0 radical (unpaired) electrons. The third kappa shape index (κ3) is 6.55. The van der Waals surface area contributed by atoms with Gasteiger partial charge in [0, 0.05) is 29.8 Å². The maximum absolute atomic E-state index is 11.8. The number of carboxylic acid groups (broad SMARTS) is 1. The van der Waals surface area contributed by atoms with E-state index >= 15 is 0 Å². The number of rotatable bonds is 13. The van der Waals surface area contributed by atoms with Crippen LogP contribution in [-0.4, -0.2) is 52.1 Å². The summed E-state index contributed by atoms with van der Waals surface area (Å²) in [7, 11) is 4.13. The van der Waals surface area contributed by atoms with E-state index in [-0.39, 0.29) is 11.5 Å². The Morgan fingerprint density at radius 2 is 1.97 bits per heavy atom. The van der Waals surface area contributed by atoms with Crippen LogP contribution in [-0.2, 0) is 11.2 Å². The van der Waals surface area contributed by atoms with E-state index in [0.717, 1.165) is 67.7 Å². The molecule has 0 saturated carbocycles. The minimum Gasteiger partial charge on any atom is -0.481 e. The first-order chi connectivity index (χ1) is 15.2. The summed E-state index contributed by atoms with van der Waals surface area (Å²) >= 11 is 0. The number of unbranched alkanes of at least 4 members (excludes halogenated alkanes) is 3. The summed E-state index contributed by atoms with van der Waals surface area (Å²) in [6.45, 7) is 7.11. The van der Waals surface area contributed by atoms with E-state index in [1.807, 2.05) is 13.0 Å². The smallest absolute Gasteiger partial charge is 0.310 e. The minimum absolute atomic E-state index is 0.276. The summed E-state index contributed by atoms with van der Waals surface area (Å²) in [5.41, 5.74) is 8.53. The van der Waals surface area contributed by atoms with Crippen molar-refractivity contribution in [1.82, 2.24) is 14.9 Å². The zero-order chi connectivity index (χ0) is 23.7. The fraction of sp³-hybridized carbons (Fsp3) is 0.640. The van der Waals surface area contributed by atoms with E-state index in [2.05, 4.69) is 60.3 Å². The van der Waals surface area contributed by atoms with E-state index in [1.54, 1.807) is 0 Å². The van der Waals surface area contributed by atoms with Crippen molar-refractivity contribution in [2.24, 2.45) is 5.92 Å². The molecule has 0 aliphatic heterocycles. The lowest BCUT2D eigenvalue weighted by molar-refractivity contribution is -0.140. The second kappa shape index (κ2) is 12.0. The van der Waals surface area contributed by atoms with Crippen molar-refractivity contribution in [3.05, 3.63) is 35.1 Å². The van der Waals surface area contributed by atoms with Gasteiger partial charge in [-0.15, -0.1) is 0 Å². The van der Waals surface area contributed by atoms with Crippen LogP contribution >= 0.6 is 0 Å². The Hall–Kier alpha value is -2.41. The van der Waals surface area contributed by atoms with Gasteiger partial charge in [-0.3, -0.25) is 9.69 Å². The van der Waals surface area contributed by atoms with Gasteiger partial charge in [0.2, 0.25) is 5.95 Å². The average Bonchev–Trinajstić information content (AvgIpc) is 2.74. The van der Waals surface area contributed by atoms with Gasteiger partial charge in [-0.05, 0) is 45.9 Å². The van der Waals surface area contributed by atoms with Crippen molar-refractivity contribution in [2.75, 3.05) is 31.7 Å². The molecule has 0 fully saturated rings. The Kier molecular flexibility index (Phi) is 9.69. The second-order valence-corrected chi connectivity index (χ2v) is 9.08. The standard InChI is InChI=1S/C25H41N5O2/c1-6-8-10-16-27-22-21(18(3)28-24(26)29-22)17-25(30(4)5)14-12-19(13-15-25)20(23(31)32)11-9-7-2/h12-14,20H,6-11,15-17H2,1-5H3,(H,31,32)(H3,26,27,28,29). The number of nitrogens with one attached hydrogen (secondary N) is 1. The summed E-state index contributed by atoms with van der Waals surface area (Å²) in [4.78, 5) is 23.0.